The van der Waals surface area contributed by atoms with Crippen molar-refractivity contribution < 1.29 is 23.8 Å². The van der Waals surface area contributed by atoms with E-state index in [-0.39, 0.29) is 24.3 Å². The summed E-state index contributed by atoms with van der Waals surface area (Å²) >= 11 is 0. The molecule has 8 heteroatoms. The smallest absolute Gasteiger partial charge is 0.255 e. The number of amides is 2. The summed E-state index contributed by atoms with van der Waals surface area (Å²) < 4.78 is 15.9. The first-order valence-electron chi connectivity index (χ1n) is 7.66. The van der Waals surface area contributed by atoms with Crippen LogP contribution >= 0.6 is 0 Å². The lowest BCUT2D eigenvalue weighted by molar-refractivity contribution is -0.120. The maximum absolute atomic E-state index is 12.8. The van der Waals surface area contributed by atoms with Gasteiger partial charge in [0, 0.05) is 31.2 Å². The van der Waals surface area contributed by atoms with E-state index >= 15 is 0 Å². The summed E-state index contributed by atoms with van der Waals surface area (Å²) in [6.07, 6.45) is 0. The molecular formula is C16H23N3O5. The number of nitrogens with zero attached hydrogens (tertiary/aromatic N) is 1. The first-order chi connectivity index (χ1) is 11.5. The SMILES string of the molecule is COc1cc(C(=O)N2CCNC[C@H]2C)cc(OC)c1OCC(N)=O. The summed E-state index contributed by atoms with van der Waals surface area (Å²) in [4.78, 5) is 25.5. The van der Waals surface area contributed by atoms with Gasteiger partial charge < -0.3 is 30.2 Å². The second-order valence-electron chi connectivity index (χ2n) is 5.52. The summed E-state index contributed by atoms with van der Waals surface area (Å²) in [5.41, 5.74) is 5.54. The molecule has 1 atom stereocenters. The van der Waals surface area contributed by atoms with Crippen LogP contribution in [0.15, 0.2) is 12.1 Å². The average Bonchev–Trinajstić information content (AvgIpc) is 2.58. The number of ether oxygens (including phenoxy) is 3. The second-order valence-corrected chi connectivity index (χ2v) is 5.52. The highest BCUT2D eigenvalue weighted by Gasteiger charge is 2.26. The molecule has 2 rings (SSSR count). The van der Waals surface area contributed by atoms with Crippen molar-refractivity contribution in [1.82, 2.24) is 10.2 Å². The van der Waals surface area contributed by atoms with Crippen molar-refractivity contribution >= 4 is 11.8 Å². The molecule has 3 N–H and O–H groups in total. The number of methoxy groups -OCH3 is 2. The van der Waals surface area contributed by atoms with Crippen LogP contribution in [-0.2, 0) is 4.79 Å². The molecule has 1 aromatic rings. The van der Waals surface area contributed by atoms with Gasteiger partial charge in [-0.25, -0.2) is 0 Å². The number of carbonyl (C=O) groups excluding carboxylic acids is 2. The van der Waals surface area contributed by atoms with Crippen molar-refractivity contribution in [3.63, 3.8) is 0 Å². The van der Waals surface area contributed by atoms with Gasteiger partial charge in [-0.15, -0.1) is 0 Å². The van der Waals surface area contributed by atoms with Gasteiger partial charge in [0.2, 0.25) is 5.75 Å². The standard InChI is InChI=1S/C16H23N3O5/c1-10-8-18-4-5-19(10)16(21)11-6-12(22-2)15(13(7-11)23-3)24-9-14(17)20/h6-7,10,18H,4-5,8-9H2,1-3H3,(H2,17,20)/t10-/m1/s1. The molecule has 1 saturated heterocycles. The molecule has 1 aliphatic heterocycles. The lowest BCUT2D eigenvalue weighted by Crippen LogP contribution is -2.52. The molecule has 0 unspecified atom stereocenters. The zero-order valence-electron chi connectivity index (χ0n) is 14.1. The average molecular weight is 337 g/mol. The topological polar surface area (TPSA) is 103 Å². The third kappa shape index (κ3) is 3.88. The van der Waals surface area contributed by atoms with Crippen molar-refractivity contribution in [3.05, 3.63) is 17.7 Å². The molecule has 0 saturated carbocycles. The Kier molecular flexibility index (Phi) is 5.86. The van der Waals surface area contributed by atoms with Crippen LogP contribution in [0.25, 0.3) is 0 Å². The highest BCUT2D eigenvalue weighted by molar-refractivity contribution is 5.96. The second kappa shape index (κ2) is 7.87. The van der Waals surface area contributed by atoms with Gasteiger partial charge in [-0.05, 0) is 19.1 Å². The van der Waals surface area contributed by atoms with Crippen molar-refractivity contribution in [2.24, 2.45) is 5.73 Å². The molecule has 0 bridgehead atoms. The molecule has 2 amide bonds. The van der Waals surface area contributed by atoms with E-state index in [2.05, 4.69) is 5.32 Å². The van der Waals surface area contributed by atoms with Gasteiger partial charge in [0.1, 0.15) is 0 Å². The van der Waals surface area contributed by atoms with Crippen LogP contribution in [0.1, 0.15) is 17.3 Å². The quantitative estimate of drug-likeness (QED) is 0.757. The molecule has 0 radical (unpaired) electrons. The predicted octanol–water partition coefficient (Wildman–Crippen LogP) is 0.00180. The van der Waals surface area contributed by atoms with E-state index in [0.717, 1.165) is 13.1 Å². The van der Waals surface area contributed by atoms with Crippen LogP contribution in [-0.4, -0.2) is 63.2 Å². The monoisotopic (exact) mass is 337 g/mol. The number of hydrogen-bond donors (Lipinski definition) is 2. The lowest BCUT2D eigenvalue weighted by atomic mass is 10.1. The zero-order chi connectivity index (χ0) is 17.7. The number of carbonyl (C=O) groups is 2. The number of benzene rings is 1. The molecule has 1 aromatic carbocycles. The first-order valence-corrected chi connectivity index (χ1v) is 7.66. The minimum absolute atomic E-state index is 0.0917. The molecule has 0 aromatic heterocycles. The van der Waals surface area contributed by atoms with Crippen molar-refractivity contribution in [1.29, 1.82) is 0 Å². The molecule has 8 nitrogen and oxygen atoms in total. The van der Waals surface area contributed by atoms with E-state index < -0.39 is 5.91 Å². The van der Waals surface area contributed by atoms with Gasteiger partial charge in [-0.3, -0.25) is 9.59 Å². The van der Waals surface area contributed by atoms with Crippen LogP contribution < -0.4 is 25.3 Å². The summed E-state index contributed by atoms with van der Waals surface area (Å²) in [6, 6.07) is 3.25. The van der Waals surface area contributed by atoms with Crippen LogP contribution in [0.5, 0.6) is 17.2 Å². The Balaban J connectivity index is 2.33. The molecule has 1 fully saturated rings. The van der Waals surface area contributed by atoms with E-state index in [0.29, 0.717) is 23.6 Å². The molecule has 1 heterocycles. The molecular weight excluding hydrogens is 314 g/mol. The molecule has 132 valence electrons. The minimum atomic E-state index is -0.617. The van der Waals surface area contributed by atoms with Crippen LogP contribution in [0.4, 0.5) is 0 Å². The maximum atomic E-state index is 12.8. The summed E-state index contributed by atoms with van der Waals surface area (Å²) in [7, 11) is 2.90. The van der Waals surface area contributed by atoms with Gasteiger partial charge in [0.15, 0.2) is 18.1 Å². The number of hydrogen-bond acceptors (Lipinski definition) is 6. The number of rotatable bonds is 6. The summed E-state index contributed by atoms with van der Waals surface area (Å²) in [6.45, 7) is 3.81. The summed E-state index contributed by atoms with van der Waals surface area (Å²) in [5.74, 6) is 0.128. The number of piperazine rings is 1. The minimum Gasteiger partial charge on any atom is -0.493 e. The third-order valence-electron chi connectivity index (χ3n) is 3.83. The van der Waals surface area contributed by atoms with E-state index in [9.17, 15) is 9.59 Å². The molecule has 1 aliphatic rings. The van der Waals surface area contributed by atoms with Crippen LogP contribution in [0.2, 0.25) is 0 Å². The van der Waals surface area contributed by atoms with Crippen molar-refractivity contribution in [2.45, 2.75) is 13.0 Å². The van der Waals surface area contributed by atoms with E-state index in [1.807, 2.05) is 6.92 Å². The maximum Gasteiger partial charge on any atom is 0.255 e. The fourth-order valence-electron chi connectivity index (χ4n) is 2.60. The van der Waals surface area contributed by atoms with E-state index in [1.165, 1.54) is 14.2 Å². The Morgan fingerprint density at radius 1 is 1.29 bits per heavy atom. The predicted molar refractivity (Wildman–Crippen MR) is 87.6 cm³/mol. The van der Waals surface area contributed by atoms with Crippen molar-refractivity contribution in [2.75, 3.05) is 40.5 Å². The molecule has 24 heavy (non-hydrogen) atoms. The van der Waals surface area contributed by atoms with Gasteiger partial charge in [0.25, 0.3) is 11.8 Å². The van der Waals surface area contributed by atoms with Crippen LogP contribution in [0.3, 0.4) is 0 Å². The van der Waals surface area contributed by atoms with Gasteiger partial charge in [0.05, 0.1) is 14.2 Å². The van der Waals surface area contributed by atoms with Gasteiger partial charge >= 0.3 is 0 Å². The Bertz CT molecular complexity index is 595. The number of nitrogens with two attached hydrogens (primary N) is 1. The normalized spacial score (nSPS) is 17.3. The number of primary amides is 1. The van der Waals surface area contributed by atoms with E-state index in [1.54, 1.807) is 17.0 Å². The summed E-state index contributed by atoms with van der Waals surface area (Å²) in [5, 5.41) is 3.25. The van der Waals surface area contributed by atoms with Gasteiger partial charge in [-0.2, -0.15) is 0 Å². The zero-order valence-corrected chi connectivity index (χ0v) is 14.1. The largest absolute Gasteiger partial charge is 0.493 e. The highest BCUT2D eigenvalue weighted by atomic mass is 16.5. The van der Waals surface area contributed by atoms with E-state index in [4.69, 9.17) is 19.9 Å². The molecule has 0 aliphatic carbocycles. The lowest BCUT2D eigenvalue weighted by Gasteiger charge is -2.34. The number of nitrogens with one attached hydrogen (secondary N) is 1. The Labute approximate surface area is 140 Å². The highest BCUT2D eigenvalue weighted by Crippen LogP contribution is 2.39. The fourth-order valence-corrected chi connectivity index (χ4v) is 2.60. The first kappa shape index (κ1) is 17.9. The Morgan fingerprint density at radius 2 is 1.92 bits per heavy atom. The van der Waals surface area contributed by atoms with Crippen LogP contribution in [0, 0.1) is 0 Å². The molecule has 0 spiro atoms. The van der Waals surface area contributed by atoms with Crippen molar-refractivity contribution in [3.8, 4) is 17.2 Å². The Morgan fingerprint density at radius 3 is 2.42 bits per heavy atom. The van der Waals surface area contributed by atoms with Gasteiger partial charge in [-0.1, -0.05) is 0 Å². The fraction of sp³-hybridized carbons (Fsp3) is 0.500. The third-order valence-corrected chi connectivity index (χ3v) is 3.83. The Hall–Kier alpha value is -2.48.